The molecule has 17 heavy (non-hydrogen) atoms. The van der Waals surface area contributed by atoms with Crippen LogP contribution < -0.4 is 10.1 Å². The molecule has 0 aliphatic carbocycles. The van der Waals surface area contributed by atoms with Crippen LogP contribution in [0.5, 0.6) is 5.75 Å². The number of nitrogens with zero attached hydrogens (tertiary/aromatic N) is 1. The summed E-state index contributed by atoms with van der Waals surface area (Å²) in [5.74, 6) is 0.914. The second-order valence-electron chi connectivity index (χ2n) is 4.21. The van der Waals surface area contributed by atoms with Gasteiger partial charge in [-0.3, -0.25) is 4.98 Å². The van der Waals surface area contributed by atoms with E-state index >= 15 is 0 Å². The fraction of sp³-hybridized carbons (Fsp3) is 0.214. The number of fused-ring (bicyclic) bond motifs is 1. The van der Waals surface area contributed by atoms with E-state index in [1.54, 1.807) is 13.3 Å². The van der Waals surface area contributed by atoms with E-state index in [1.165, 1.54) is 16.8 Å². The second-order valence-corrected chi connectivity index (χ2v) is 4.21. The number of rotatable bonds is 2. The maximum Gasteiger partial charge on any atom is 0.119 e. The number of methoxy groups -OCH3 is 1. The summed E-state index contributed by atoms with van der Waals surface area (Å²) in [7, 11) is 1.70. The zero-order valence-electron chi connectivity index (χ0n) is 9.68. The third kappa shape index (κ3) is 1.84. The first-order valence-corrected chi connectivity index (χ1v) is 5.70. The maximum atomic E-state index is 5.24. The molecule has 1 aromatic carbocycles. The van der Waals surface area contributed by atoms with Gasteiger partial charge < -0.3 is 10.1 Å². The van der Waals surface area contributed by atoms with E-state index in [4.69, 9.17) is 4.74 Å². The van der Waals surface area contributed by atoms with Crippen LogP contribution in [0.25, 0.3) is 0 Å². The molecule has 2 heterocycles. The van der Waals surface area contributed by atoms with Gasteiger partial charge in [-0.2, -0.15) is 0 Å². The van der Waals surface area contributed by atoms with Crippen molar-refractivity contribution < 1.29 is 4.74 Å². The Morgan fingerprint density at radius 2 is 2.29 bits per heavy atom. The molecule has 1 aromatic heterocycles. The summed E-state index contributed by atoms with van der Waals surface area (Å²) in [5.41, 5.74) is 3.72. The highest BCUT2D eigenvalue weighted by atomic mass is 16.5. The van der Waals surface area contributed by atoms with E-state index in [2.05, 4.69) is 28.5 Å². The molecule has 0 saturated carbocycles. The summed E-state index contributed by atoms with van der Waals surface area (Å²) >= 11 is 0. The molecule has 0 radical (unpaired) electrons. The fourth-order valence-corrected chi connectivity index (χ4v) is 2.25. The van der Waals surface area contributed by atoms with Gasteiger partial charge in [0.15, 0.2) is 0 Å². The molecule has 0 saturated heterocycles. The Morgan fingerprint density at radius 3 is 3.06 bits per heavy atom. The Hall–Kier alpha value is -2.03. The molecule has 0 spiro atoms. The van der Waals surface area contributed by atoms with E-state index in [0.717, 1.165) is 12.2 Å². The summed E-state index contributed by atoms with van der Waals surface area (Å²) in [6.45, 7) is 0. The topological polar surface area (TPSA) is 34.1 Å². The number of hydrogen-bond donors (Lipinski definition) is 1. The lowest BCUT2D eigenvalue weighted by atomic mass is 10.0. The van der Waals surface area contributed by atoms with E-state index in [0.29, 0.717) is 6.04 Å². The van der Waals surface area contributed by atoms with Crippen LogP contribution in [-0.2, 0) is 6.42 Å². The highest BCUT2D eigenvalue weighted by molar-refractivity contribution is 5.60. The van der Waals surface area contributed by atoms with Crippen molar-refractivity contribution in [3.8, 4) is 5.75 Å². The van der Waals surface area contributed by atoms with Crippen LogP contribution in [0.3, 0.4) is 0 Å². The first kappa shape index (κ1) is 10.1. The van der Waals surface area contributed by atoms with Gasteiger partial charge in [0, 0.05) is 18.1 Å². The standard InChI is InChI=1S/C14H14N2O/c1-17-12-4-5-13-11(7-12)8-14(16-13)10-3-2-6-15-9-10/h2-7,9,14,16H,8H2,1H3. The number of aromatic nitrogens is 1. The van der Waals surface area contributed by atoms with Crippen molar-refractivity contribution in [3.63, 3.8) is 0 Å². The highest BCUT2D eigenvalue weighted by Gasteiger charge is 2.22. The maximum absolute atomic E-state index is 5.24. The molecule has 0 fully saturated rings. The van der Waals surface area contributed by atoms with Gasteiger partial charge in [0.1, 0.15) is 5.75 Å². The second kappa shape index (κ2) is 4.09. The van der Waals surface area contributed by atoms with Crippen LogP contribution in [-0.4, -0.2) is 12.1 Å². The largest absolute Gasteiger partial charge is 0.497 e. The smallest absolute Gasteiger partial charge is 0.119 e. The summed E-state index contributed by atoms with van der Waals surface area (Å²) in [6, 6.07) is 10.6. The Labute approximate surface area is 100 Å². The summed E-state index contributed by atoms with van der Waals surface area (Å²) in [5, 5.41) is 3.51. The quantitative estimate of drug-likeness (QED) is 0.855. The molecule has 3 nitrogen and oxygen atoms in total. The number of hydrogen-bond acceptors (Lipinski definition) is 3. The van der Waals surface area contributed by atoms with Gasteiger partial charge in [-0.15, -0.1) is 0 Å². The molecule has 0 amide bonds. The lowest BCUT2D eigenvalue weighted by Crippen LogP contribution is -2.05. The van der Waals surface area contributed by atoms with Crippen LogP contribution >= 0.6 is 0 Å². The minimum Gasteiger partial charge on any atom is -0.497 e. The van der Waals surface area contributed by atoms with Gasteiger partial charge in [-0.1, -0.05) is 6.07 Å². The van der Waals surface area contributed by atoms with Crippen LogP contribution in [0.15, 0.2) is 42.7 Å². The zero-order valence-corrected chi connectivity index (χ0v) is 9.68. The van der Waals surface area contributed by atoms with Gasteiger partial charge in [0.05, 0.1) is 13.2 Å². The zero-order chi connectivity index (χ0) is 11.7. The fourth-order valence-electron chi connectivity index (χ4n) is 2.25. The molecule has 1 N–H and O–H groups in total. The van der Waals surface area contributed by atoms with Crippen molar-refractivity contribution in [1.82, 2.24) is 4.98 Å². The normalized spacial score (nSPS) is 17.4. The lowest BCUT2D eigenvalue weighted by molar-refractivity contribution is 0.414. The first-order valence-electron chi connectivity index (χ1n) is 5.70. The Balaban J connectivity index is 1.88. The molecule has 1 aliphatic rings. The van der Waals surface area contributed by atoms with Gasteiger partial charge in [0.2, 0.25) is 0 Å². The molecule has 1 aliphatic heterocycles. The predicted molar refractivity (Wildman–Crippen MR) is 67.3 cm³/mol. The molecule has 1 unspecified atom stereocenters. The average Bonchev–Trinajstić information content (AvgIpc) is 2.82. The van der Waals surface area contributed by atoms with Gasteiger partial charge >= 0.3 is 0 Å². The molecule has 1 atom stereocenters. The van der Waals surface area contributed by atoms with Crippen molar-refractivity contribution in [3.05, 3.63) is 53.9 Å². The van der Waals surface area contributed by atoms with Crippen molar-refractivity contribution in [2.45, 2.75) is 12.5 Å². The van der Waals surface area contributed by atoms with Gasteiger partial charge in [-0.05, 0) is 41.8 Å². The van der Waals surface area contributed by atoms with Crippen molar-refractivity contribution >= 4 is 5.69 Å². The van der Waals surface area contributed by atoms with Gasteiger partial charge in [-0.25, -0.2) is 0 Å². The van der Waals surface area contributed by atoms with E-state index in [-0.39, 0.29) is 0 Å². The van der Waals surface area contributed by atoms with Crippen LogP contribution in [0.2, 0.25) is 0 Å². The van der Waals surface area contributed by atoms with Crippen molar-refractivity contribution in [2.24, 2.45) is 0 Å². The van der Waals surface area contributed by atoms with Crippen LogP contribution in [0, 0.1) is 0 Å². The molecular weight excluding hydrogens is 212 g/mol. The van der Waals surface area contributed by atoms with Crippen LogP contribution in [0.1, 0.15) is 17.2 Å². The first-order chi connectivity index (χ1) is 8.36. The Morgan fingerprint density at radius 1 is 1.35 bits per heavy atom. The predicted octanol–water partition coefficient (Wildman–Crippen LogP) is 2.80. The third-order valence-corrected chi connectivity index (χ3v) is 3.15. The minimum absolute atomic E-state index is 0.325. The van der Waals surface area contributed by atoms with E-state index in [9.17, 15) is 0 Å². The van der Waals surface area contributed by atoms with Gasteiger partial charge in [0.25, 0.3) is 0 Å². The molecular formula is C14H14N2O. The molecule has 3 heteroatoms. The van der Waals surface area contributed by atoms with Crippen molar-refractivity contribution in [2.75, 3.05) is 12.4 Å². The number of pyridine rings is 1. The molecule has 2 aromatic rings. The summed E-state index contributed by atoms with van der Waals surface area (Å²) in [4.78, 5) is 4.16. The molecule has 86 valence electrons. The number of benzene rings is 1. The van der Waals surface area contributed by atoms with Crippen molar-refractivity contribution in [1.29, 1.82) is 0 Å². The summed E-state index contributed by atoms with van der Waals surface area (Å²) in [6.07, 6.45) is 4.70. The van der Waals surface area contributed by atoms with E-state index < -0.39 is 0 Å². The number of anilines is 1. The van der Waals surface area contributed by atoms with Crippen LogP contribution in [0.4, 0.5) is 5.69 Å². The monoisotopic (exact) mass is 226 g/mol. The molecule has 0 bridgehead atoms. The Bertz CT molecular complexity index is 525. The Kier molecular flexibility index (Phi) is 2.44. The molecule has 3 rings (SSSR count). The SMILES string of the molecule is COc1ccc2c(c1)CC(c1cccnc1)N2. The third-order valence-electron chi connectivity index (χ3n) is 3.15. The van der Waals surface area contributed by atoms with E-state index in [1.807, 2.05) is 18.3 Å². The highest BCUT2D eigenvalue weighted by Crippen LogP contribution is 2.35. The number of nitrogens with one attached hydrogen (secondary N) is 1. The number of ether oxygens (including phenoxy) is 1. The summed E-state index contributed by atoms with van der Waals surface area (Å²) < 4.78 is 5.24. The minimum atomic E-state index is 0.325. The average molecular weight is 226 g/mol. The lowest BCUT2D eigenvalue weighted by Gasteiger charge is -2.10.